The number of benzene rings is 1. The van der Waals surface area contributed by atoms with E-state index in [1.807, 2.05) is 20.8 Å². The van der Waals surface area contributed by atoms with Gasteiger partial charge in [0.25, 0.3) is 5.89 Å². The summed E-state index contributed by atoms with van der Waals surface area (Å²) < 4.78 is 46.5. The molecule has 1 aromatic carbocycles. The van der Waals surface area contributed by atoms with Crippen molar-refractivity contribution >= 4 is 21.4 Å². The molecular formula is C21H22FN5O4S. The number of amides is 1. The van der Waals surface area contributed by atoms with Gasteiger partial charge in [0.1, 0.15) is 5.82 Å². The molecule has 168 valence electrons. The second-order valence-corrected chi connectivity index (χ2v) is 10.6. The zero-order valence-electron chi connectivity index (χ0n) is 17.7. The standard InChI is InChI=1S/C21H22FN5O4S/c1-21(2,3)20-26-25-18(31-20)13-8-16-17(9-14(13)22)32(29,30)11-15(23)19(28)27(16)10-12-6-4-5-7-24-12/h4-9,15H,10-11,23H2,1-3H3/t15-/m0/s1. The van der Waals surface area contributed by atoms with Gasteiger partial charge in [0.05, 0.1) is 40.2 Å². The van der Waals surface area contributed by atoms with Gasteiger partial charge in [-0.25, -0.2) is 12.8 Å². The molecule has 0 spiro atoms. The van der Waals surface area contributed by atoms with Gasteiger partial charge in [0.2, 0.25) is 11.8 Å². The summed E-state index contributed by atoms with van der Waals surface area (Å²) in [6, 6.07) is 5.95. The number of hydrogen-bond donors (Lipinski definition) is 1. The lowest BCUT2D eigenvalue weighted by Gasteiger charge is -2.24. The lowest BCUT2D eigenvalue weighted by molar-refractivity contribution is -0.119. The molecule has 1 aliphatic rings. The lowest BCUT2D eigenvalue weighted by atomic mass is 9.97. The van der Waals surface area contributed by atoms with Crippen molar-refractivity contribution in [1.82, 2.24) is 15.2 Å². The minimum absolute atomic E-state index is 0.0134. The normalized spacial score (nSPS) is 18.3. The summed E-state index contributed by atoms with van der Waals surface area (Å²) in [5.74, 6) is -1.94. The van der Waals surface area contributed by atoms with Crippen molar-refractivity contribution in [3.8, 4) is 11.5 Å². The Morgan fingerprint density at radius 1 is 1.25 bits per heavy atom. The summed E-state index contributed by atoms with van der Waals surface area (Å²) in [5.41, 5.74) is 5.81. The van der Waals surface area contributed by atoms with Gasteiger partial charge in [-0.3, -0.25) is 9.78 Å². The highest BCUT2D eigenvalue weighted by Crippen LogP contribution is 2.37. The Hall–Kier alpha value is -3.18. The molecular weight excluding hydrogens is 437 g/mol. The smallest absolute Gasteiger partial charge is 0.250 e. The Morgan fingerprint density at radius 2 is 2.00 bits per heavy atom. The minimum atomic E-state index is -4.04. The predicted octanol–water partition coefficient (Wildman–Crippen LogP) is 2.22. The average molecular weight is 460 g/mol. The van der Waals surface area contributed by atoms with Crippen molar-refractivity contribution < 1.29 is 22.0 Å². The molecule has 1 amide bonds. The van der Waals surface area contributed by atoms with E-state index in [2.05, 4.69) is 15.2 Å². The first-order valence-electron chi connectivity index (χ1n) is 9.85. The Labute approximate surface area is 184 Å². The highest BCUT2D eigenvalue weighted by molar-refractivity contribution is 7.91. The van der Waals surface area contributed by atoms with Gasteiger partial charge in [-0.2, -0.15) is 0 Å². The minimum Gasteiger partial charge on any atom is -0.420 e. The molecule has 11 heteroatoms. The van der Waals surface area contributed by atoms with Gasteiger partial charge in [-0.15, -0.1) is 10.2 Å². The van der Waals surface area contributed by atoms with E-state index in [-0.39, 0.29) is 34.5 Å². The van der Waals surface area contributed by atoms with Crippen molar-refractivity contribution in [2.75, 3.05) is 10.7 Å². The van der Waals surface area contributed by atoms with E-state index in [4.69, 9.17) is 10.2 Å². The summed E-state index contributed by atoms with van der Waals surface area (Å²) in [6.07, 6.45) is 1.55. The molecule has 0 radical (unpaired) electrons. The molecule has 3 aromatic rings. The molecule has 1 aliphatic heterocycles. The van der Waals surface area contributed by atoms with Crippen LogP contribution in [0.2, 0.25) is 0 Å². The summed E-state index contributed by atoms with van der Waals surface area (Å²) in [4.78, 5) is 18.1. The number of anilines is 1. The number of halogens is 1. The van der Waals surface area contributed by atoms with E-state index in [1.54, 1.807) is 24.4 Å². The van der Waals surface area contributed by atoms with Crippen LogP contribution in [0.5, 0.6) is 0 Å². The molecule has 2 N–H and O–H groups in total. The molecule has 0 fully saturated rings. The van der Waals surface area contributed by atoms with Crippen LogP contribution in [-0.2, 0) is 26.6 Å². The Morgan fingerprint density at radius 3 is 2.62 bits per heavy atom. The SMILES string of the molecule is CC(C)(C)c1nnc(-c2cc3c(cc2F)S(=O)(=O)C[C@H](N)C(=O)N3Cc2ccccn2)o1. The van der Waals surface area contributed by atoms with Crippen molar-refractivity contribution in [1.29, 1.82) is 0 Å². The first kappa shape index (κ1) is 22.0. The van der Waals surface area contributed by atoms with Gasteiger partial charge in [-0.1, -0.05) is 26.8 Å². The van der Waals surface area contributed by atoms with E-state index in [0.717, 1.165) is 6.07 Å². The molecule has 0 aliphatic carbocycles. The van der Waals surface area contributed by atoms with Crippen LogP contribution in [0.1, 0.15) is 32.4 Å². The fourth-order valence-corrected chi connectivity index (χ4v) is 4.90. The maximum absolute atomic E-state index is 15.1. The van der Waals surface area contributed by atoms with Gasteiger partial charge in [0.15, 0.2) is 9.84 Å². The topological polar surface area (TPSA) is 132 Å². The van der Waals surface area contributed by atoms with Crippen LogP contribution in [0.25, 0.3) is 11.5 Å². The van der Waals surface area contributed by atoms with Crippen molar-refractivity contribution in [2.45, 2.75) is 43.7 Å². The third-order valence-electron chi connectivity index (χ3n) is 5.00. The largest absolute Gasteiger partial charge is 0.420 e. The molecule has 0 saturated carbocycles. The fourth-order valence-electron chi connectivity index (χ4n) is 3.34. The third-order valence-corrected chi connectivity index (χ3v) is 6.80. The first-order valence-corrected chi connectivity index (χ1v) is 11.5. The first-order chi connectivity index (χ1) is 15.0. The van der Waals surface area contributed by atoms with Crippen LogP contribution in [-0.4, -0.2) is 41.3 Å². The molecule has 1 atom stereocenters. The second kappa shape index (κ2) is 7.75. The number of nitrogens with two attached hydrogens (primary N) is 1. The molecule has 2 aromatic heterocycles. The number of carbonyl (C=O) groups is 1. The van der Waals surface area contributed by atoms with E-state index >= 15 is 4.39 Å². The number of fused-ring (bicyclic) bond motifs is 1. The Bertz CT molecular complexity index is 1290. The van der Waals surface area contributed by atoms with Crippen LogP contribution in [0.3, 0.4) is 0 Å². The Balaban J connectivity index is 1.90. The van der Waals surface area contributed by atoms with Crippen LogP contribution >= 0.6 is 0 Å². The van der Waals surface area contributed by atoms with Crippen LogP contribution in [0.15, 0.2) is 45.8 Å². The highest BCUT2D eigenvalue weighted by Gasteiger charge is 2.37. The van der Waals surface area contributed by atoms with Crippen LogP contribution < -0.4 is 10.6 Å². The van der Waals surface area contributed by atoms with E-state index in [9.17, 15) is 13.2 Å². The molecule has 32 heavy (non-hydrogen) atoms. The van der Waals surface area contributed by atoms with Crippen molar-refractivity contribution in [3.05, 3.63) is 53.9 Å². The van der Waals surface area contributed by atoms with Crippen LogP contribution in [0.4, 0.5) is 10.1 Å². The van der Waals surface area contributed by atoms with E-state index < -0.39 is 38.8 Å². The number of pyridine rings is 1. The quantitative estimate of drug-likeness (QED) is 0.630. The zero-order chi connectivity index (χ0) is 23.3. The molecule has 0 saturated heterocycles. The van der Waals surface area contributed by atoms with Crippen molar-refractivity contribution in [2.24, 2.45) is 5.73 Å². The van der Waals surface area contributed by atoms with Gasteiger partial charge in [0, 0.05) is 11.6 Å². The fraction of sp³-hybridized carbons (Fsp3) is 0.333. The zero-order valence-corrected chi connectivity index (χ0v) is 18.6. The molecule has 0 bridgehead atoms. The van der Waals surface area contributed by atoms with Crippen molar-refractivity contribution in [3.63, 3.8) is 0 Å². The average Bonchev–Trinajstić information content (AvgIpc) is 3.20. The molecule has 9 nitrogen and oxygen atoms in total. The second-order valence-electron chi connectivity index (χ2n) is 8.60. The van der Waals surface area contributed by atoms with E-state index in [0.29, 0.717) is 5.69 Å². The summed E-state index contributed by atoms with van der Waals surface area (Å²) in [7, 11) is -4.04. The maximum atomic E-state index is 15.1. The maximum Gasteiger partial charge on any atom is 0.250 e. The molecule has 3 heterocycles. The van der Waals surface area contributed by atoms with Gasteiger partial charge >= 0.3 is 0 Å². The highest BCUT2D eigenvalue weighted by atomic mass is 32.2. The summed E-state index contributed by atoms with van der Waals surface area (Å²) in [5, 5.41) is 7.88. The number of rotatable bonds is 3. The summed E-state index contributed by atoms with van der Waals surface area (Å²) in [6.45, 7) is 5.54. The summed E-state index contributed by atoms with van der Waals surface area (Å²) >= 11 is 0. The monoisotopic (exact) mass is 459 g/mol. The third kappa shape index (κ3) is 4.00. The van der Waals surface area contributed by atoms with E-state index in [1.165, 1.54) is 11.0 Å². The van der Waals surface area contributed by atoms with Gasteiger partial charge in [-0.05, 0) is 24.3 Å². The molecule has 0 unspecified atom stereocenters. The number of aromatic nitrogens is 3. The number of sulfone groups is 1. The number of hydrogen-bond acceptors (Lipinski definition) is 8. The van der Waals surface area contributed by atoms with Gasteiger partial charge < -0.3 is 15.1 Å². The predicted molar refractivity (Wildman–Crippen MR) is 114 cm³/mol. The number of nitrogens with zero attached hydrogens (tertiary/aromatic N) is 4. The lowest BCUT2D eigenvalue weighted by Crippen LogP contribution is -2.45. The number of carbonyl (C=O) groups excluding carboxylic acids is 1. The molecule has 4 rings (SSSR count). The Kier molecular flexibility index (Phi) is 5.33. The van der Waals surface area contributed by atoms with Crippen LogP contribution in [0, 0.1) is 5.82 Å².